The molecule has 2 heterocycles. The Morgan fingerprint density at radius 1 is 1.15 bits per heavy atom. The number of morpholine rings is 1. The first-order chi connectivity index (χ1) is 12.9. The molecule has 0 saturated carbocycles. The second-order valence-electron chi connectivity index (χ2n) is 5.73. The molecule has 0 unspecified atom stereocenters. The molecule has 27 heavy (non-hydrogen) atoms. The van der Waals surface area contributed by atoms with Gasteiger partial charge in [-0.3, -0.25) is 4.57 Å². The average molecular weight is 467 g/mol. The van der Waals surface area contributed by atoms with E-state index in [1.54, 1.807) is 4.90 Å². The third-order valence-electron chi connectivity index (χ3n) is 3.73. The van der Waals surface area contributed by atoms with Crippen LogP contribution in [0.3, 0.4) is 0 Å². The molecule has 1 aliphatic rings. The van der Waals surface area contributed by atoms with Crippen LogP contribution in [0.25, 0.3) is 0 Å². The third kappa shape index (κ3) is 6.01. The maximum atomic E-state index is 13.0. The van der Waals surface area contributed by atoms with Crippen LogP contribution in [0, 0.1) is 0 Å². The summed E-state index contributed by atoms with van der Waals surface area (Å²) in [6, 6.07) is 7.35. The number of hydrogen-bond donors (Lipinski definition) is 0. The van der Waals surface area contributed by atoms with Gasteiger partial charge in [-0.2, -0.15) is 13.2 Å². The molecule has 2 aromatic rings. The molecule has 0 radical (unpaired) electrons. The molecule has 1 aromatic heterocycles. The van der Waals surface area contributed by atoms with Gasteiger partial charge >= 0.3 is 6.18 Å². The first-order valence-electron chi connectivity index (χ1n) is 8.26. The van der Waals surface area contributed by atoms with E-state index in [1.165, 1.54) is 11.8 Å². The molecular weight excluding hydrogens is 449 g/mol. The van der Waals surface area contributed by atoms with E-state index < -0.39 is 12.7 Å². The summed E-state index contributed by atoms with van der Waals surface area (Å²) < 4.78 is 52.0. The predicted molar refractivity (Wildman–Crippen MR) is 99.5 cm³/mol. The van der Waals surface area contributed by atoms with Crippen molar-refractivity contribution in [1.29, 1.82) is 0 Å². The molecule has 148 valence electrons. The van der Waals surface area contributed by atoms with Gasteiger partial charge in [-0.15, -0.1) is 10.2 Å². The lowest BCUT2D eigenvalue weighted by Gasteiger charge is -2.28. The molecule has 0 spiro atoms. The molecule has 0 bridgehead atoms. The third-order valence-corrected chi connectivity index (χ3v) is 5.19. The lowest BCUT2D eigenvalue weighted by atomic mass is 10.3. The Hall–Kier alpha value is -1.46. The van der Waals surface area contributed by atoms with Gasteiger partial charge in [-0.05, 0) is 24.3 Å². The summed E-state index contributed by atoms with van der Waals surface area (Å²) in [6.45, 7) is 1.13. The van der Waals surface area contributed by atoms with Gasteiger partial charge in [0, 0.05) is 23.3 Å². The molecule has 1 aliphatic heterocycles. The fourth-order valence-electron chi connectivity index (χ4n) is 2.53. The van der Waals surface area contributed by atoms with Crippen molar-refractivity contribution in [3.05, 3.63) is 28.7 Å². The van der Waals surface area contributed by atoms with Gasteiger partial charge in [-0.25, -0.2) is 0 Å². The van der Waals surface area contributed by atoms with Crippen LogP contribution < -0.4 is 9.64 Å². The zero-order valence-electron chi connectivity index (χ0n) is 14.3. The van der Waals surface area contributed by atoms with Crippen LogP contribution in [0.1, 0.15) is 0 Å². The summed E-state index contributed by atoms with van der Waals surface area (Å²) in [4.78, 5) is 1.77. The normalized spacial score (nSPS) is 15.2. The number of hydrogen-bond acceptors (Lipinski definition) is 6. The molecule has 0 aliphatic carbocycles. The van der Waals surface area contributed by atoms with Gasteiger partial charge in [-0.1, -0.05) is 27.7 Å². The summed E-state index contributed by atoms with van der Waals surface area (Å²) in [5.74, 6) is 1.38. The lowest BCUT2D eigenvalue weighted by Crippen LogP contribution is -2.38. The Morgan fingerprint density at radius 3 is 2.52 bits per heavy atom. The first-order valence-corrected chi connectivity index (χ1v) is 10.0. The van der Waals surface area contributed by atoms with E-state index in [-0.39, 0.29) is 11.1 Å². The minimum atomic E-state index is -4.35. The van der Waals surface area contributed by atoms with Crippen LogP contribution in [0.2, 0.25) is 0 Å². The second kappa shape index (κ2) is 9.16. The SMILES string of the molecule is FC(F)(F)Cn1c(SCCOc2ccc(Br)cc2)nnc1N1CCOCC1. The van der Waals surface area contributed by atoms with Crippen LogP contribution in [-0.2, 0) is 11.3 Å². The first kappa shape index (κ1) is 20.3. The molecule has 3 rings (SSSR count). The topological polar surface area (TPSA) is 52.4 Å². The zero-order chi connectivity index (χ0) is 19.3. The van der Waals surface area contributed by atoms with Crippen LogP contribution in [-0.4, -0.2) is 59.6 Å². The predicted octanol–water partition coefficient (Wildman–Crippen LogP) is 3.61. The standard InChI is InChI=1S/C16H18BrF3N4O2S/c17-12-1-3-13(4-2-12)26-9-10-27-15-22-21-14(23-5-7-25-8-6-23)24(15)11-16(18,19)20/h1-4H,5-11H2. The second-order valence-corrected chi connectivity index (χ2v) is 7.71. The Kier molecular flexibility index (Phi) is 6.88. The molecular formula is C16H18BrF3N4O2S. The van der Waals surface area contributed by atoms with Gasteiger partial charge in [0.25, 0.3) is 0 Å². The van der Waals surface area contributed by atoms with E-state index in [9.17, 15) is 13.2 Å². The smallest absolute Gasteiger partial charge is 0.406 e. The van der Waals surface area contributed by atoms with E-state index in [2.05, 4.69) is 26.1 Å². The van der Waals surface area contributed by atoms with Crippen LogP contribution >= 0.6 is 27.7 Å². The number of ether oxygens (including phenoxy) is 2. The largest absolute Gasteiger partial charge is 0.493 e. The van der Waals surface area contributed by atoms with Crippen molar-refractivity contribution in [2.45, 2.75) is 17.9 Å². The summed E-state index contributed by atoms with van der Waals surface area (Å²) in [6.07, 6.45) is -4.35. The number of benzene rings is 1. The van der Waals surface area contributed by atoms with Crippen molar-refractivity contribution in [3.63, 3.8) is 0 Å². The maximum absolute atomic E-state index is 13.0. The highest BCUT2D eigenvalue weighted by Crippen LogP contribution is 2.28. The zero-order valence-corrected chi connectivity index (χ0v) is 16.7. The van der Waals surface area contributed by atoms with E-state index in [1.807, 2.05) is 24.3 Å². The van der Waals surface area contributed by atoms with E-state index in [4.69, 9.17) is 9.47 Å². The van der Waals surface area contributed by atoms with Gasteiger partial charge < -0.3 is 14.4 Å². The molecule has 1 fully saturated rings. The van der Waals surface area contributed by atoms with Crippen LogP contribution in [0.4, 0.5) is 19.1 Å². The maximum Gasteiger partial charge on any atom is 0.406 e. The quantitative estimate of drug-likeness (QED) is 0.458. The molecule has 1 aromatic carbocycles. The fraction of sp³-hybridized carbons (Fsp3) is 0.500. The van der Waals surface area contributed by atoms with Gasteiger partial charge in [0.2, 0.25) is 5.95 Å². The van der Waals surface area contributed by atoms with Crippen molar-refractivity contribution in [2.75, 3.05) is 43.6 Å². The molecule has 1 saturated heterocycles. The lowest BCUT2D eigenvalue weighted by molar-refractivity contribution is -0.141. The van der Waals surface area contributed by atoms with Crippen LogP contribution in [0.5, 0.6) is 5.75 Å². The monoisotopic (exact) mass is 466 g/mol. The Labute approximate surface area is 167 Å². The number of alkyl halides is 3. The number of halogens is 4. The number of nitrogens with zero attached hydrogens (tertiary/aromatic N) is 4. The summed E-state index contributed by atoms with van der Waals surface area (Å²) in [7, 11) is 0. The number of rotatable bonds is 7. The van der Waals surface area contributed by atoms with Crippen LogP contribution in [0.15, 0.2) is 33.9 Å². The van der Waals surface area contributed by atoms with Crippen molar-refractivity contribution in [2.24, 2.45) is 0 Å². The highest BCUT2D eigenvalue weighted by atomic mass is 79.9. The summed E-state index contributed by atoms with van der Waals surface area (Å²) in [5, 5.41) is 8.18. The number of anilines is 1. The van der Waals surface area contributed by atoms with E-state index in [0.717, 1.165) is 9.04 Å². The average Bonchev–Trinajstić information content (AvgIpc) is 3.02. The molecule has 6 nitrogen and oxygen atoms in total. The number of aromatic nitrogens is 3. The minimum absolute atomic E-state index is 0.229. The Balaban J connectivity index is 1.63. The fourth-order valence-corrected chi connectivity index (χ4v) is 3.54. The van der Waals surface area contributed by atoms with Gasteiger partial charge in [0.05, 0.1) is 19.8 Å². The minimum Gasteiger partial charge on any atom is -0.493 e. The van der Waals surface area contributed by atoms with E-state index in [0.29, 0.717) is 44.4 Å². The number of thioether (sulfide) groups is 1. The highest BCUT2D eigenvalue weighted by molar-refractivity contribution is 9.10. The molecule has 0 atom stereocenters. The Bertz CT molecular complexity index is 736. The van der Waals surface area contributed by atoms with Gasteiger partial charge in [0.15, 0.2) is 5.16 Å². The van der Waals surface area contributed by atoms with Crippen molar-refractivity contribution < 1.29 is 22.6 Å². The summed E-state index contributed by atoms with van der Waals surface area (Å²) in [5.41, 5.74) is 0. The van der Waals surface area contributed by atoms with Gasteiger partial charge in [0.1, 0.15) is 12.3 Å². The van der Waals surface area contributed by atoms with Crippen molar-refractivity contribution in [3.8, 4) is 5.75 Å². The van der Waals surface area contributed by atoms with Crippen molar-refractivity contribution in [1.82, 2.24) is 14.8 Å². The molecule has 11 heteroatoms. The molecule has 0 amide bonds. The Morgan fingerprint density at radius 2 is 1.85 bits per heavy atom. The molecule has 0 N–H and O–H groups in total. The highest BCUT2D eigenvalue weighted by Gasteiger charge is 2.32. The van der Waals surface area contributed by atoms with E-state index >= 15 is 0 Å². The van der Waals surface area contributed by atoms with Crippen molar-refractivity contribution >= 4 is 33.6 Å². The summed E-state index contributed by atoms with van der Waals surface area (Å²) >= 11 is 4.54.